The summed E-state index contributed by atoms with van der Waals surface area (Å²) < 4.78 is 26.7. The SMILES string of the molecule is CC(C)c1c(C#N)c(N)c(F)c(F)c1C#N. The number of benzene rings is 1. The number of rotatable bonds is 1. The molecule has 0 heterocycles. The predicted octanol–water partition coefficient (Wildman–Crippen LogP) is 2.41. The van der Waals surface area contributed by atoms with Crippen LogP contribution in [-0.2, 0) is 0 Å². The second-order valence-electron chi connectivity index (χ2n) is 3.58. The van der Waals surface area contributed by atoms with Gasteiger partial charge < -0.3 is 5.73 Å². The Balaban J connectivity index is 3.84. The highest BCUT2D eigenvalue weighted by Crippen LogP contribution is 2.32. The van der Waals surface area contributed by atoms with Crippen molar-refractivity contribution in [2.24, 2.45) is 0 Å². The molecule has 0 spiro atoms. The number of halogens is 2. The summed E-state index contributed by atoms with van der Waals surface area (Å²) >= 11 is 0. The van der Waals surface area contributed by atoms with E-state index in [1.165, 1.54) is 0 Å². The third-order valence-corrected chi connectivity index (χ3v) is 2.26. The molecule has 1 aromatic carbocycles. The molecule has 0 aromatic heterocycles. The molecule has 3 nitrogen and oxygen atoms in total. The highest BCUT2D eigenvalue weighted by Gasteiger charge is 2.24. The van der Waals surface area contributed by atoms with Crippen LogP contribution in [0.15, 0.2) is 0 Å². The molecule has 5 heteroatoms. The summed E-state index contributed by atoms with van der Waals surface area (Å²) in [4.78, 5) is 0. The number of nitrogen functional groups attached to an aromatic ring is 1. The van der Waals surface area contributed by atoms with Gasteiger partial charge in [0.05, 0.1) is 16.8 Å². The monoisotopic (exact) mass is 221 g/mol. The summed E-state index contributed by atoms with van der Waals surface area (Å²) in [6.45, 7) is 3.35. The second kappa shape index (κ2) is 4.16. The third kappa shape index (κ3) is 1.57. The molecule has 1 aromatic rings. The molecular weight excluding hydrogens is 212 g/mol. The van der Waals surface area contributed by atoms with E-state index >= 15 is 0 Å². The average molecular weight is 221 g/mol. The molecule has 0 aliphatic rings. The Hall–Kier alpha value is -2.14. The molecular formula is C11H9F2N3. The molecule has 0 saturated carbocycles. The smallest absolute Gasteiger partial charge is 0.184 e. The van der Waals surface area contributed by atoms with E-state index in [0.717, 1.165) is 0 Å². The first-order chi connectivity index (χ1) is 7.45. The molecule has 0 atom stereocenters. The van der Waals surface area contributed by atoms with Crippen LogP contribution in [0.3, 0.4) is 0 Å². The summed E-state index contributed by atoms with van der Waals surface area (Å²) in [5.74, 6) is -2.91. The van der Waals surface area contributed by atoms with Crippen LogP contribution in [0.1, 0.15) is 36.5 Å². The van der Waals surface area contributed by atoms with Gasteiger partial charge in [-0.2, -0.15) is 10.5 Å². The topological polar surface area (TPSA) is 73.6 Å². The van der Waals surface area contributed by atoms with Crippen molar-refractivity contribution in [3.8, 4) is 12.1 Å². The first-order valence-corrected chi connectivity index (χ1v) is 4.56. The summed E-state index contributed by atoms with van der Waals surface area (Å²) in [7, 11) is 0. The summed E-state index contributed by atoms with van der Waals surface area (Å²) in [6, 6.07) is 3.27. The summed E-state index contributed by atoms with van der Waals surface area (Å²) in [5.41, 5.74) is 4.32. The fourth-order valence-corrected chi connectivity index (χ4v) is 1.53. The minimum Gasteiger partial charge on any atom is -0.395 e. The summed E-state index contributed by atoms with van der Waals surface area (Å²) in [6.07, 6.45) is 0. The van der Waals surface area contributed by atoms with E-state index in [1.807, 2.05) is 0 Å². The predicted molar refractivity (Wildman–Crippen MR) is 54.3 cm³/mol. The lowest BCUT2D eigenvalue weighted by molar-refractivity contribution is 0.506. The van der Waals surface area contributed by atoms with Crippen molar-refractivity contribution >= 4 is 5.69 Å². The van der Waals surface area contributed by atoms with Crippen LogP contribution in [0.4, 0.5) is 14.5 Å². The van der Waals surface area contributed by atoms with E-state index in [0.29, 0.717) is 0 Å². The van der Waals surface area contributed by atoms with Crippen molar-refractivity contribution in [3.05, 3.63) is 28.3 Å². The van der Waals surface area contributed by atoms with Crippen LogP contribution >= 0.6 is 0 Å². The van der Waals surface area contributed by atoms with E-state index in [4.69, 9.17) is 16.3 Å². The van der Waals surface area contributed by atoms with Gasteiger partial charge in [-0.15, -0.1) is 0 Å². The molecule has 0 unspecified atom stereocenters. The molecule has 82 valence electrons. The van der Waals surface area contributed by atoms with Crippen molar-refractivity contribution in [2.75, 3.05) is 5.73 Å². The zero-order valence-electron chi connectivity index (χ0n) is 8.81. The van der Waals surface area contributed by atoms with Crippen molar-refractivity contribution in [3.63, 3.8) is 0 Å². The van der Waals surface area contributed by atoms with Gasteiger partial charge >= 0.3 is 0 Å². The van der Waals surface area contributed by atoms with Crippen LogP contribution in [0, 0.1) is 34.3 Å². The first kappa shape index (κ1) is 11.9. The maximum atomic E-state index is 13.4. The number of nitrogens with two attached hydrogens (primary N) is 1. The van der Waals surface area contributed by atoms with Crippen molar-refractivity contribution < 1.29 is 8.78 Å². The third-order valence-electron chi connectivity index (χ3n) is 2.26. The highest BCUT2D eigenvalue weighted by molar-refractivity contribution is 5.64. The molecule has 16 heavy (non-hydrogen) atoms. The lowest BCUT2D eigenvalue weighted by atomic mass is 9.91. The zero-order valence-corrected chi connectivity index (χ0v) is 8.81. The Morgan fingerprint density at radius 3 is 1.94 bits per heavy atom. The Morgan fingerprint density at radius 1 is 1.06 bits per heavy atom. The Morgan fingerprint density at radius 2 is 1.56 bits per heavy atom. The normalized spacial score (nSPS) is 9.94. The standard InChI is InChI=1S/C11H9F2N3/c1-5(2)8-6(3-14)9(12)10(13)11(16)7(8)4-15/h5H,16H2,1-2H3. The molecule has 2 N–H and O–H groups in total. The number of hydrogen-bond acceptors (Lipinski definition) is 3. The van der Waals surface area contributed by atoms with Gasteiger partial charge in [0.1, 0.15) is 12.1 Å². The van der Waals surface area contributed by atoms with Crippen molar-refractivity contribution in [1.29, 1.82) is 10.5 Å². The molecule has 0 bridgehead atoms. The number of nitriles is 2. The van der Waals surface area contributed by atoms with E-state index in [-0.39, 0.29) is 17.0 Å². The van der Waals surface area contributed by atoms with E-state index in [2.05, 4.69) is 0 Å². The van der Waals surface area contributed by atoms with Gasteiger partial charge in [0.25, 0.3) is 0 Å². The number of nitrogens with zero attached hydrogens (tertiary/aromatic N) is 2. The van der Waals surface area contributed by atoms with Gasteiger partial charge in [0, 0.05) is 0 Å². The van der Waals surface area contributed by atoms with Gasteiger partial charge in [-0.25, -0.2) is 8.78 Å². The van der Waals surface area contributed by atoms with E-state index in [9.17, 15) is 8.78 Å². The minimum atomic E-state index is -1.34. The average Bonchev–Trinajstić information content (AvgIpc) is 2.25. The summed E-state index contributed by atoms with van der Waals surface area (Å²) in [5, 5.41) is 17.6. The maximum Gasteiger partial charge on any atom is 0.184 e. The minimum absolute atomic E-state index is 0.154. The van der Waals surface area contributed by atoms with E-state index < -0.39 is 22.9 Å². The largest absolute Gasteiger partial charge is 0.395 e. The van der Waals surface area contributed by atoms with Gasteiger partial charge in [-0.3, -0.25) is 0 Å². The second-order valence-corrected chi connectivity index (χ2v) is 3.58. The van der Waals surface area contributed by atoms with E-state index in [1.54, 1.807) is 26.0 Å². The molecule has 0 fully saturated rings. The van der Waals surface area contributed by atoms with Crippen LogP contribution < -0.4 is 5.73 Å². The Bertz CT molecular complexity index is 480. The van der Waals surface area contributed by atoms with Crippen molar-refractivity contribution in [2.45, 2.75) is 19.8 Å². The lowest BCUT2D eigenvalue weighted by Gasteiger charge is -2.13. The molecule has 0 saturated heterocycles. The maximum absolute atomic E-state index is 13.4. The Kier molecular flexibility index (Phi) is 3.10. The fourth-order valence-electron chi connectivity index (χ4n) is 1.53. The Labute approximate surface area is 91.7 Å². The molecule has 0 aliphatic heterocycles. The first-order valence-electron chi connectivity index (χ1n) is 4.56. The number of anilines is 1. The molecule has 0 amide bonds. The molecule has 1 rings (SSSR count). The van der Waals surface area contributed by atoms with Gasteiger partial charge in [0.15, 0.2) is 11.6 Å². The van der Waals surface area contributed by atoms with Crippen LogP contribution in [0.2, 0.25) is 0 Å². The van der Waals surface area contributed by atoms with Crippen molar-refractivity contribution in [1.82, 2.24) is 0 Å². The van der Waals surface area contributed by atoms with Crippen LogP contribution in [-0.4, -0.2) is 0 Å². The fraction of sp³-hybridized carbons (Fsp3) is 0.273. The number of hydrogen-bond donors (Lipinski definition) is 1. The van der Waals surface area contributed by atoms with Gasteiger partial charge in [-0.1, -0.05) is 13.8 Å². The molecule has 0 aliphatic carbocycles. The quantitative estimate of drug-likeness (QED) is 0.740. The van der Waals surface area contributed by atoms with Gasteiger partial charge in [0.2, 0.25) is 0 Å². The zero-order chi connectivity index (χ0) is 12.5. The highest BCUT2D eigenvalue weighted by atomic mass is 19.2. The molecule has 0 radical (unpaired) electrons. The van der Waals surface area contributed by atoms with Crippen LogP contribution in [0.5, 0.6) is 0 Å². The van der Waals surface area contributed by atoms with Gasteiger partial charge in [-0.05, 0) is 11.5 Å². The lowest BCUT2D eigenvalue weighted by Crippen LogP contribution is -2.08. The van der Waals surface area contributed by atoms with Crippen LogP contribution in [0.25, 0.3) is 0 Å².